The summed E-state index contributed by atoms with van der Waals surface area (Å²) in [6.07, 6.45) is 0. The first-order chi connectivity index (χ1) is 11.8. The molecule has 0 bridgehead atoms. The number of aliphatic hydroxyl groups is 1. The zero-order valence-corrected chi connectivity index (χ0v) is 13.4. The Labute approximate surface area is 143 Å². The van der Waals surface area contributed by atoms with Gasteiger partial charge in [-0.25, -0.2) is 0 Å². The van der Waals surface area contributed by atoms with E-state index in [9.17, 15) is 24.8 Å². The molecule has 25 heavy (non-hydrogen) atoms. The van der Waals surface area contributed by atoms with Crippen LogP contribution in [0.4, 0.5) is 11.4 Å². The quantitative estimate of drug-likeness (QED) is 0.432. The molecule has 0 radical (unpaired) electrons. The minimum atomic E-state index is -1.37. The van der Waals surface area contributed by atoms with Crippen molar-refractivity contribution in [3.8, 4) is 0 Å². The number of nitro benzene ring substituents is 1. The van der Waals surface area contributed by atoms with Gasteiger partial charge in [-0.3, -0.25) is 19.7 Å². The smallest absolute Gasteiger partial charge is 0.313 e. The van der Waals surface area contributed by atoms with E-state index < -0.39 is 22.3 Å². The van der Waals surface area contributed by atoms with Crippen LogP contribution >= 0.6 is 0 Å². The molecule has 0 aliphatic heterocycles. The average Bonchev–Trinajstić information content (AvgIpc) is 2.60. The number of amides is 2. The van der Waals surface area contributed by atoms with Crippen LogP contribution in [0.25, 0.3) is 0 Å². The molecular formula is C17H17N3O5. The standard InChI is InChI=1S/C17H17N3O5/c1-17(23,12-7-3-2-4-8-12)11-18-15(21)16(22)19-13-9-5-6-10-14(13)20(24)25/h2-10,23H,11H2,1H3,(H,18,21)(H,19,22). The number of hydrogen-bond acceptors (Lipinski definition) is 5. The molecule has 3 N–H and O–H groups in total. The van der Waals surface area contributed by atoms with Gasteiger partial charge in [-0.2, -0.15) is 0 Å². The van der Waals surface area contributed by atoms with E-state index in [0.717, 1.165) is 0 Å². The Morgan fingerprint density at radius 3 is 2.32 bits per heavy atom. The Balaban J connectivity index is 2.00. The number of carbonyl (C=O) groups is 2. The predicted molar refractivity (Wildman–Crippen MR) is 90.7 cm³/mol. The van der Waals surface area contributed by atoms with E-state index in [1.54, 1.807) is 30.3 Å². The Bertz CT molecular complexity index is 790. The number of nitro groups is 1. The first-order valence-electron chi connectivity index (χ1n) is 7.42. The van der Waals surface area contributed by atoms with Crippen molar-refractivity contribution in [3.63, 3.8) is 0 Å². The van der Waals surface area contributed by atoms with E-state index in [-0.39, 0.29) is 17.9 Å². The zero-order chi connectivity index (χ0) is 18.4. The maximum atomic E-state index is 11.9. The van der Waals surface area contributed by atoms with Crippen molar-refractivity contribution in [2.45, 2.75) is 12.5 Å². The van der Waals surface area contributed by atoms with Crippen LogP contribution in [0.5, 0.6) is 0 Å². The summed E-state index contributed by atoms with van der Waals surface area (Å²) in [7, 11) is 0. The molecule has 8 nitrogen and oxygen atoms in total. The maximum Gasteiger partial charge on any atom is 0.313 e. The fourth-order valence-electron chi connectivity index (χ4n) is 2.15. The lowest BCUT2D eigenvalue weighted by molar-refractivity contribution is -0.383. The number of para-hydroxylation sites is 2. The molecule has 0 aromatic heterocycles. The SMILES string of the molecule is CC(O)(CNC(=O)C(=O)Nc1ccccc1[N+](=O)[O-])c1ccccc1. The largest absolute Gasteiger partial charge is 0.384 e. The summed E-state index contributed by atoms with van der Waals surface area (Å²) >= 11 is 0. The molecule has 2 amide bonds. The summed E-state index contributed by atoms with van der Waals surface area (Å²) in [4.78, 5) is 34.1. The van der Waals surface area contributed by atoms with E-state index in [0.29, 0.717) is 5.56 Å². The lowest BCUT2D eigenvalue weighted by Crippen LogP contribution is -2.43. The van der Waals surface area contributed by atoms with Gasteiger partial charge in [-0.15, -0.1) is 0 Å². The molecule has 0 spiro atoms. The van der Waals surface area contributed by atoms with E-state index in [2.05, 4.69) is 10.6 Å². The summed E-state index contributed by atoms with van der Waals surface area (Å²) in [5.41, 5.74) is -1.19. The van der Waals surface area contributed by atoms with E-state index in [1.165, 1.54) is 31.2 Å². The normalized spacial score (nSPS) is 12.7. The molecule has 0 heterocycles. The van der Waals surface area contributed by atoms with Crippen LogP contribution < -0.4 is 10.6 Å². The van der Waals surface area contributed by atoms with Crippen molar-refractivity contribution in [3.05, 3.63) is 70.3 Å². The molecule has 8 heteroatoms. The molecule has 1 atom stereocenters. The molecule has 2 aromatic carbocycles. The monoisotopic (exact) mass is 343 g/mol. The summed E-state index contributed by atoms with van der Waals surface area (Å²) in [5, 5.41) is 25.8. The Morgan fingerprint density at radius 2 is 1.68 bits per heavy atom. The third kappa shape index (κ3) is 4.61. The molecule has 2 aromatic rings. The van der Waals surface area contributed by atoms with Crippen LogP contribution in [0, 0.1) is 10.1 Å². The number of nitrogens with zero attached hydrogens (tertiary/aromatic N) is 1. The molecular weight excluding hydrogens is 326 g/mol. The summed E-state index contributed by atoms with van der Waals surface area (Å²) < 4.78 is 0. The second kappa shape index (κ2) is 7.54. The second-order valence-corrected chi connectivity index (χ2v) is 5.55. The molecule has 0 aliphatic carbocycles. The minimum absolute atomic E-state index is 0.0810. The van der Waals surface area contributed by atoms with Crippen molar-refractivity contribution >= 4 is 23.2 Å². The van der Waals surface area contributed by atoms with E-state index in [4.69, 9.17) is 0 Å². The lowest BCUT2D eigenvalue weighted by atomic mass is 9.96. The number of nitrogens with one attached hydrogen (secondary N) is 2. The van der Waals surface area contributed by atoms with Gasteiger partial charge in [0.15, 0.2) is 0 Å². The molecule has 0 fully saturated rings. The fourth-order valence-corrected chi connectivity index (χ4v) is 2.15. The van der Waals surface area contributed by atoms with Crippen LogP contribution in [0.1, 0.15) is 12.5 Å². The van der Waals surface area contributed by atoms with Crippen molar-refractivity contribution in [1.82, 2.24) is 5.32 Å². The van der Waals surface area contributed by atoms with Crippen molar-refractivity contribution in [1.29, 1.82) is 0 Å². The van der Waals surface area contributed by atoms with Gasteiger partial charge in [-0.05, 0) is 18.6 Å². The predicted octanol–water partition coefficient (Wildman–Crippen LogP) is 1.56. The second-order valence-electron chi connectivity index (χ2n) is 5.55. The molecule has 130 valence electrons. The van der Waals surface area contributed by atoms with Crippen molar-refractivity contribution in [2.24, 2.45) is 0 Å². The van der Waals surface area contributed by atoms with Gasteiger partial charge in [0, 0.05) is 6.07 Å². The number of anilines is 1. The summed E-state index contributed by atoms with van der Waals surface area (Å²) in [6.45, 7) is 1.31. The Morgan fingerprint density at radius 1 is 1.08 bits per heavy atom. The maximum absolute atomic E-state index is 11.9. The van der Waals surface area contributed by atoms with Gasteiger partial charge in [0.2, 0.25) is 0 Å². The van der Waals surface area contributed by atoms with E-state index >= 15 is 0 Å². The highest BCUT2D eigenvalue weighted by molar-refractivity contribution is 6.39. The van der Waals surface area contributed by atoms with Crippen LogP contribution in [-0.2, 0) is 15.2 Å². The first-order valence-corrected chi connectivity index (χ1v) is 7.42. The first kappa shape index (κ1) is 18.1. The number of rotatable bonds is 5. The van der Waals surface area contributed by atoms with Crippen LogP contribution in [0.3, 0.4) is 0 Å². The molecule has 1 unspecified atom stereocenters. The molecule has 2 rings (SSSR count). The van der Waals surface area contributed by atoms with Gasteiger partial charge in [-0.1, -0.05) is 42.5 Å². The molecule has 0 saturated carbocycles. The van der Waals surface area contributed by atoms with Crippen molar-refractivity contribution in [2.75, 3.05) is 11.9 Å². The van der Waals surface area contributed by atoms with Crippen LogP contribution in [0.15, 0.2) is 54.6 Å². The van der Waals surface area contributed by atoms with Gasteiger partial charge < -0.3 is 15.7 Å². The zero-order valence-electron chi connectivity index (χ0n) is 13.4. The Hall–Kier alpha value is -3.26. The Kier molecular flexibility index (Phi) is 5.45. The highest BCUT2D eigenvalue weighted by atomic mass is 16.6. The van der Waals surface area contributed by atoms with Crippen LogP contribution in [0.2, 0.25) is 0 Å². The van der Waals surface area contributed by atoms with E-state index in [1.807, 2.05) is 0 Å². The fraction of sp³-hybridized carbons (Fsp3) is 0.176. The van der Waals surface area contributed by atoms with Gasteiger partial charge in [0.05, 0.1) is 11.5 Å². The minimum Gasteiger partial charge on any atom is -0.384 e. The third-order valence-corrected chi connectivity index (χ3v) is 3.54. The highest BCUT2D eigenvalue weighted by Gasteiger charge is 2.26. The third-order valence-electron chi connectivity index (χ3n) is 3.54. The topological polar surface area (TPSA) is 122 Å². The van der Waals surface area contributed by atoms with Gasteiger partial charge in [0.25, 0.3) is 5.69 Å². The van der Waals surface area contributed by atoms with Gasteiger partial charge in [0.1, 0.15) is 11.3 Å². The van der Waals surface area contributed by atoms with Gasteiger partial charge >= 0.3 is 11.8 Å². The highest BCUT2D eigenvalue weighted by Crippen LogP contribution is 2.23. The van der Waals surface area contributed by atoms with Crippen molar-refractivity contribution < 1.29 is 19.6 Å². The lowest BCUT2D eigenvalue weighted by Gasteiger charge is -2.24. The number of benzene rings is 2. The average molecular weight is 343 g/mol. The number of carbonyl (C=O) groups excluding carboxylic acids is 2. The molecule has 0 aliphatic rings. The molecule has 0 saturated heterocycles. The van der Waals surface area contributed by atoms with Crippen LogP contribution in [-0.4, -0.2) is 28.4 Å². The number of hydrogen-bond donors (Lipinski definition) is 3. The summed E-state index contributed by atoms with van der Waals surface area (Å²) in [5.74, 6) is -2.06. The summed E-state index contributed by atoms with van der Waals surface area (Å²) in [6, 6.07) is 14.2.